The molecular formula is C20H30ClN3O3. The van der Waals surface area contributed by atoms with Gasteiger partial charge in [0.15, 0.2) is 0 Å². The van der Waals surface area contributed by atoms with Crippen LogP contribution in [0.5, 0.6) is 5.75 Å². The number of hydrogen-bond donors (Lipinski definition) is 2. The van der Waals surface area contributed by atoms with E-state index in [0.29, 0.717) is 25.9 Å². The molecule has 1 saturated heterocycles. The molecule has 0 bridgehead atoms. The van der Waals surface area contributed by atoms with Gasteiger partial charge in [-0.15, -0.1) is 12.4 Å². The summed E-state index contributed by atoms with van der Waals surface area (Å²) in [6, 6.07) is 5.92. The highest BCUT2D eigenvalue weighted by Gasteiger charge is 2.28. The lowest BCUT2D eigenvalue weighted by Crippen LogP contribution is -2.51. The third-order valence-corrected chi connectivity index (χ3v) is 5.25. The van der Waals surface area contributed by atoms with Crippen LogP contribution < -0.4 is 15.8 Å². The number of rotatable bonds is 6. The second-order valence-corrected chi connectivity index (χ2v) is 7.33. The van der Waals surface area contributed by atoms with Crippen LogP contribution in [-0.4, -0.2) is 41.9 Å². The fourth-order valence-electron chi connectivity index (χ4n) is 3.82. The lowest BCUT2D eigenvalue weighted by molar-refractivity contribution is -0.135. The van der Waals surface area contributed by atoms with Crippen LogP contribution in [0.15, 0.2) is 18.2 Å². The second kappa shape index (κ2) is 9.95. The number of anilines is 1. The minimum Gasteiger partial charge on any atom is -0.494 e. The average molecular weight is 396 g/mol. The number of piperidine rings is 1. The number of benzene rings is 1. The molecule has 2 unspecified atom stereocenters. The highest BCUT2D eigenvalue weighted by molar-refractivity contribution is 5.94. The van der Waals surface area contributed by atoms with Crippen LogP contribution in [-0.2, 0) is 16.0 Å². The maximum atomic E-state index is 12.5. The molecule has 1 aromatic rings. The van der Waals surface area contributed by atoms with Gasteiger partial charge in [-0.3, -0.25) is 9.59 Å². The molecule has 6 nitrogen and oxygen atoms in total. The van der Waals surface area contributed by atoms with Gasteiger partial charge in [0.2, 0.25) is 11.8 Å². The van der Waals surface area contributed by atoms with Gasteiger partial charge in [0.05, 0.1) is 6.61 Å². The summed E-state index contributed by atoms with van der Waals surface area (Å²) in [6.07, 6.45) is 5.66. The largest absolute Gasteiger partial charge is 0.494 e. The van der Waals surface area contributed by atoms with Gasteiger partial charge in [0.1, 0.15) is 5.75 Å². The molecule has 150 valence electrons. The lowest BCUT2D eigenvalue weighted by Gasteiger charge is -2.38. The van der Waals surface area contributed by atoms with Crippen molar-refractivity contribution in [1.29, 1.82) is 0 Å². The quantitative estimate of drug-likeness (QED) is 0.725. The van der Waals surface area contributed by atoms with Crippen LogP contribution in [0.4, 0.5) is 5.69 Å². The van der Waals surface area contributed by atoms with E-state index in [9.17, 15) is 9.59 Å². The van der Waals surface area contributed by atoms with Crippen LogP contribution in [0, 0.1) is 0 Å². The predicted molar refractivity (Wildman–Crippen MR) is 108 cm³/mol. The van der Waals surface area contributed by atoms with Crippen molar-refractivity contribution < 1.29 is 14.3 Å². The molecule has 2 heterocycles. The van der Waals surface area contributed by atoms with Gasteiger partial charge in [-0.1, -0.05) is 0 Å². The summed E-state index contributed by atoms with van der Waals surface area (Å²) in [7, 11) is 0. The molecule has 1 aromatic carbocycles. The first-order valence-corrected chi connectivity index (χ1v) is 9.65. The van der Waals surface area contributed by atoms with Gasteiger partial charge in [-0.2, -0.15) is 0 Å². The summed E-state index contributed by atoms with van der Waals surface area (Å²) in [5.41, 5.74) is 8.02. The molecule has 3 N–H and O–H groups in total. The van der Waals surface area contributed by atoms with Gasteiger partial charge >= 0.3 is 0 Å². The van der Waals surface area contributed by atoms with Gasteiger partial charge in [-0.05, 0) is 62.8 Å². The molecule has 7 heteroatoms. The van der Waals surface area contributed by atoms with E-state index in [-0.39, 0.29) is 36.3 Å². The zero-order valence-corrected chi connectivity index (χ0v) is 16.7. The number of nitrogens with zero attached hydrogens (tertiary/aromatic N) is 1. The van der Waals surface area contributed by atoms with Gasteiger partial charge in [0.25, 0.3) is 0 Å². The number of carbonyl (C=O) groups is 2. The number of amides is 2. The Labute approximate surface area is 167 Å². The molecule has 2 aliphatic heterocycles. The number of likely N-dealkylation sites (tertiary alicyclic amines) is 1. The zero-order valence-electron chi connectivity index (χ0n) is 15.9. The van der Waals surface area contributed by atoms with Gasteiger partial charge in [-0.25, -0.2) is 0 Å². The smallest absolute Gasteiger partial charge is 0.224 e. The normalized spacial score (nSPS) is 20.1. The number of ether oxygens (including phenoxy) is 1. The maximum Gasteiger partial charge on any atom is 0.224 e. The number of hydrogen-bond acceptors (Lipinski definition) is 4. The van der Waals surface area contributed by atoms with Crippen molar-refractivity contribution in [3.8, 4) is 5.75 Å². The molecule has 2 amide bonds. The van der Waals surface area contributed by atoms with Crippen LogP contribution in [0.2, 0.25) is 0 Å². The van der Waals surface area contributed by atoms with Crippen molar-refractivity contribution in [2.75, 3.05) is 18.5 Å². The molecule has 2 aliphatic rings. The fraction of sp³-hybridized carbons (Fsp3) is 0.600. The number of halogens is 1. The van der Waals surface area contributed by atoms with E-state index >= 15 is 0 Å². The third kappa shape index (κ3) is 5.59. The Hall–Kier alpha value is -1.79. The summed E-state index contributed by atoms with van der Waals surface area (Å²) in [4.78, 5) is 25.9. The van der Waals surface area contributed by atoms with Crippen molar-refractivity contribution in [3.63, 3.8) is 0 Å². The van der Waals surface area contributed by atoms with Crippen LogP contribution in [0.3, 0.4) is 0 Å². The average Bonchev–Trinajstić information content (AvgIpc) is 2.65. The number of carbonyl (C=O) groups excluding carboxylic acids is 2. The molecule has 0 aliphatic carbocycles. The minimum absolute atomic E-state index is 0. The lowest BCUT2D eigenvalue weighted by atomic mass is 9.96. The zero-order chi connectivity index (χ0) is 18.5. The number of nitrogens with two attached hydrogens (primary N) is 1. The topological polar surface area (TPSA) is 84.7 Å². The number of nitrogens with one attached hydrogen (secondary N) is 1. The first-order chi connectivity index (χ1) is 12.5. The first kappa shape index (κ1) is 21.5. The Bertz CT molecular complexity index is 666. The molecular weight excluding hydrogens is 366 g/mol. The van der Waals surface area contributed by atoms with Crippen LogP contribution >= 0.6 is 12.4 Å². The van der Waals surface area contributed by atoms with Crippen LogP contribution in [0.1, 0.15) is 51.0 Å². The van der Waals surface area contributed by atoms with Crippen LogP contribution in [0.25, 0.3) is 0 Å². The van der Waals surface area contributed by atoms with E-state index in [1.807, 2.05) is 30.0 Å². The molecule has 1 fully saturated rings. The highest BCUT2D eigenvalue weighted by atomic mass is 35.5. The van der Waals surface area contributed by atoms with Crippen molar-refractivity contribution in [2.24, 2.45) is 5.73 Å². The molecule has 0 aromatic heterocycles. The Kier molecular flexibility index (Phi) is 7.92. The fourth-order valence-corrected chi connectivity index (χ4v) is 3.82. The van der Waals surface area contributed by atoms with Crippen molar-refractivity contribution in [2.45, 2.75) is 64.0 Å². The Balaban J connectivity index is 0.00000261. The molecule has 0 spiro atoms. The second-order valence-electron chi connectivity index (χ2n) is 7.33. The summed E-state index contributed by atoms with van der Waals surface area (Å²) in [5, 5.41) is 2.86. The van der Waals surface area contributed by atoms with Crippen molar-refractivity contribution in [1.82, 2.24) is 4.90 Å². The third-order valence-electron chi connectivity index (χ3n) is 5.25. The van der Waals surface area contributed by atoms with E-state index in [1.54, 1.807) is 0 Å². The summed E-state index contributed by atoms with van der Waals surface area (Å²) in [6.45, 7) is 3.31. The van der Waals surface area contributed by atoms with Gasteiger partial charge < -0.3 is 20.7 Å². The molecule has 2 atom stereocenters. The van der Waals surface area contributed by atoms with E-state index in [2.05, 4.69) is 5.32 Å². The van der Waals surface area contributed by atoms with Crippen molar-refractivity contribution in [3.05, 3.63) is 23.8 Å². The molecule has 0 radical (unpaired) electrons. The maximum absolute atomic E-state index is 12.5. The monoisotopic (exact) mass is 395 g/mol. The van der Waals surface area contributed by atoms with E-state index in [0.717, 1.165) is 49.2 Å². The molecule has 3 rings (SSSR count). The molecule has 0 saturated carbocycles. The van der Waals surface area contributed by atoms with E-state index < -0.39 is 0 Å². The Morgan fingerprint density at radius 1 is 1.37 bits per heavy atom. The van der Waals surface area contributed by atoms with Crippen molar-refractivity contribution >= 4 is 29.9 Å². The standard InChI is InChI=1S/C20H29N3O3.ClH/c1-14(21)18-5-2-3-11-23(18)20(25)6-4-12-26-16-8-9-17-15(13-16)7-10-19(24)22-17;/h8-9,13-14,18H,2-7,10-12,21H2,1H3,(H,22,24);1H. The predicted octanol–water partition coefficient (Wildman–Crippen LogP) is 2.88. The number of aryl methyl sites for hydroxylation is 1. The number of fused-ring (bicyclic) bond motifs is 1. The molecule has 27 heavy (non-hydrogen) atoms. The minimum atomic E-state index is 0. The Morgan fingerprint density at radius 2 is 2.19 bits per heavy atom. The summed E-state index contributed by atoms with van der Waals surface area (Å²) < 4.78 is 5.80. The highest BCUT2D eigenvalue weighted by Crippen LogP contribution is 2.27. The van der Waals surface area contributed by atoms with Gasteiger partial charge in [0, 0.05) is 37.2 Å². The first-order valence-electron chi connectivity index (χ1n) is 9.65. The SMILES string of the molecule is CC(N)C1CCCCN1C(=O)CCCOc1ccc2c(c1)CCC(=O)N2.Cl. The summed E-state index contributed by atoms with van der Waals surface area (Å²) >= 11 is 0. The Morgan fingerprint density at radius 3 is 2.96 bits per heavy atom. The van der Waals surface area contributed by atoms with E-state index in [1.165, 1.54) is 0 Å². The van der Waals surface area contributed by atoms with E-state index in [4.69, 9.17) is 10.5 Å². The summed E-state index contributed by atoms with van der Waals surface area (Å²) in [5.74, 6) is 1.04.